The minimum Gasteiger partial charge on any atom is -0.301 e. The summed E-state index contributed by atoms with van der Waals surface area (Å²) in [5.41, 5.74) is 2.17. The summed E-state index contributed by atoms with van der Waals surface area (Å²) in [4.78, 5) is 19.4. The lowest BCUT2D eigenvalue weighted by Crippen LogP contribution is -2.03. The SMILES string of the molecule is CCc1nc(C)cn1-c1cccnc1C=O. The molecule has 0 aromatic carbocycles. The Kier molecular flexibility index (Phi) is 2.81. The fraction of sp³-hybridized carbons (Fsp3) is 0.250. The smallest absolute Gasteiger partial charge is 0.170 e. The molecule has 0 saturated carbocycles. The Bertz CT molecular complexity index is 517. The number of hydrogen-bond donors (Lipinski definition) is 0. The molecule has 0 amide bonds. The van der Waals surface area contributed by atoms with Crippen molar-refractivity contribution in [2.75, 3.05) is 0 Å². The van der Waals surface area contributed by atoms with Crippen molar-refractivity contribution in [2.24, 2.45) is 0 Å². The first-order valence-corrected chi connectivity index (χ1v) is 5.21. The van der Waals surface area contributed by atoms with Gasteiger partial charge in [0, 0.05) is 18.8 Å². The molecule has 0 radical (unpaired) electrons. The van der Waals surface area contributed by atoms with Crippen LogP contribution in [0, 0.1) is 6.92 Å². The van der Waals surface area contributed by atoms with Crippen molar-refractivity contribution in [1.82, 2.24) is 14.5 Å². The maximum atomic E-state index is 10.9. The van der Waals surface area contributed by atoms with Crippen LogP contribution in [0.25, 0.3) is 5.69 Å². The Morgan fingerprint density at radius 1 is 1.50 bits per heavy atom. The average molecular weight is 215 g/mol. The second-order valence-corrected chi connectivity index (χ2v) is 3.55. The molecule has 0 N–H and O–H groups in total. The monoisotopic (exact) mass is 215 g/mol. The molecule has 4 nitrogen and oxygen atoms in total. The van der Waals surface area contributed by atoms with Gasteiger partial charge in [0.05, 0.1) is 11.4 Å². The van der Waals surface area contributed by atoms with Gasteiger partial charge in [0.15, 0.2) is 6.29 Å². The molecule has 82 valence electrons. The normalized spacial score (nSPS) is 10.4. The van der Waals surface area contributed by atoms with E-state index < -0.39 is 0 Å². The zero-order valence-corrected chi connectivity index (χ0v) is 9.34. The fourth-order valence-electron chi connectivity index (χ4n) is 1.71. The van der Waals surface area contributed by atoms with E-state index in [1.165, 1.54) is 0 Å². The quantitative estimate of drug-likeness (QED) is 0.735. The van der Waals surface area contributed by atoms with Gasteiger partial charge in [-0.2, -0.15) is 0 Å². The van der Waals surface area contributed by atoms with E-state index in [2.05, 4.69) is 9.97 Å². The summed E-state index contributed by atoms with van der Waals surface area (Å²) >= 11 is 0. The first kappa shape index (κ1) is 10.5. The van der Waals surface area contributed by atoms with E-state index in [-0.39, 0.29) is 0 Å². The number of aryl methyl sites for hydroxylation is 2. The molecule has 0 spiro atoms. The molecular formula is C12H13N3O. The lowest BCUT2D eigenvalue weighted by atomic mass is 10.3. The van der Waals surface area contributed by atoms with Gasteiger partial charge >= 0.3 is 0 Å². The standard InChI is InChI=1S/C12H13N3O/c1-3-12-14-9(2)7-15(12)11-5-4-6-13-10(11)8-16/h4-8H,3H2,1-2H3. The van der Waals surface area contributed by atoms with Crippen LogP contribution in [0.1, 0.15) is 28.9 Å². The Labute approximate surface area is 94.0 Å². The summed E-state index contributed by atoms with van der Waals surface area (Å²) in [5.74, 6) is 0.939. The number of aromatic nitrogens is 3. The van der Waals surface area contributed by atoms with Crippen molar-refractivity contribution in [2.45, 2.75) is 20.3 Å². The van der Waals surface area contributed by atoms with Gasteiger partial charge in [-0.25, -0.2) is 4.98 Å². The van der Waals surface area contributed by atoms with Crippen molar-refractivity contribution in [3.8, 4) is 5.69 Å². The third-order valence-electron chi connectivity index (χ3n) is 2.40. The lowest BCUT2D eigenvalue weighted by molar-refractivity contribution is 0.111. The first-order valence-electron chi connectivity index (χ1n) is 5.21. The van der Waals surface area contributed by atoms with Gasteiger partial charge in [-0.3, -0.25) is 9.78 Å². The van der Waals surface area contributed by atoms with Crippen LogP contribution in [0.15, 0.2) is 24.5 Å². The fourth-order valence-corrected chi connectivity index (χ4v) is 1.71. The number of rotatable bonds is 3. The molecule has 2 heterocycles. The number of carbonyl (C=O) groups is 1. The van der Waals surface area contributed by atoms with E-state index in [0.29, 0.717) is 5.69 Å². The highest BCUT2D eigenvalue weighted by Crippen LogP contribution is 2.14. The zero-order valence-electron chi connectivity index (χ0n) is 9.34. The van der Waals surface area contributed by atoms with E-state index in [0.717, 1.165) is 29.9 Å². The van der Waals surface area contributed by atoms with Crippen LogP contribution < -0.4 is 0 Å². The second kappa shape index (κ2) is 4.26. The van der Waals surface area contributed by atoms with Gasteiger partial charge in [-0.05, 0) is 19.1 Å². The third-order valence-corrected chi connectivity index (χ3v) is 2.40. The van der Waals surface area contributed by atoms with Crippen LogP contribution in [-0.4, -0.2) is 20.8 Å². The molecule has 0 fully saturated rings. The van der Waals surface area contributed by atoms with Crippen molar-refractivity contribution < 1.29 is 4.79 Å². The molecule has 0 saturated heterocycles. The summed E-state index contributed by atoms with van der Waals surface area (Å²) in [5, 5.41) is 0. The van der Waals surface area contributed by atoms with Crippen molar-refractivity contribution >= 4 is 6.29 Å². The molecule has 2 rings (SSSR count). The molecule has 0 unspecified atom stereocenters. The molecule has 0 aliphatic rings. The predicted octanol–water partition coefficient (Wildman–Crippen LogP) is 1.95. The maximum absolute atomic E-state index is 10.9. The van der Waals surface area contributed by atoms with E-state index in [4.69, 9.17) is 0 Å². The van der Waals surface area contributed by atoms with Gasteiger partial charge in [-0.15, -0.1) is 0 Å². The van der Waals surface area contributed by atoms with Crippen LogP contribution in [0.5, 0.6) is 0 Å². The zero-order chi connectivity index (χ0) is 11.5. The van der Waals surface area contributed by atoms with E-state index in [1.807, 2.05) is 36.7 Å². The highest BCUT2D eigenvalue weighted by Gasteiger charge is 2.09. The molecule has 0 bridgehead atoms. The molecule has 2 aromatic heterocycles. The van der Waals surface area contributed by atoms with Crippen LogP contribution >= 0.6 is 0 Å². The van der Waals surface area contributed by atoms with Gasteiger partial charge < -0.3 is 4.57 Å². The molecule has 0 atom stereocenters. The van der Waals surface area contributed by atoms with Crippen molar-refractivity contribution in [3.05, 3.63) is 41.7 Å². The molecule has 16 heavy (non-hydrogen) atoms. The number of aldehydes is 1. The summed E-state index contributed by atoms with van der Waals surface area (Å²) < 4.78 is 1.92. The van der Waals surface area contributed by atoms with Crippen LogP contribution in [-0.2, 0) is 6.42 Å². The first-order chi connectivity index (χ1) is 7.76. The Morgan fingerprint density at radius 3 is 3.00 bits per heavy atom. The van der Waals surface area contributed by atoms with Crippen LogP contribution in [0.3, 0.4) is 0 Å². The Balaban J connectivity index is 2.61. The lowest BCUT2D eigenvalue weighted by Gasteiger charge is -2.07. The average Bonchev–Trinajstić information content (AvgIpc) is 2.70. The highest BCUT2D eigenvalue weighted by atomic mass is 16.1. The van der Waals surface area contributed by atoms with Gasteiger partial charge in [-0.1, -0.05) is 6.92 Å². The number of carbonyl (C=O) groups excluding carboxylic acids is 1. The third kappa shape index (κ3) is 1.74. The molecule has 2 aromatic rings. The molecule has 4 heteroatoms. The van der Waals surface area contributed by atoms with Crippen molar-refractivity contribution in [1.29, 1.82) is 0 Å². The minimum absolute atomic E-state index is 0.439. The summed E-state index contributed by atoms with van der Waals surface area (Å²) in [6, 6.07) is 3.69. The number of imidazole rings is 1. The van der Waals surface area contributed by atoms with Gasteiger partial charge in [0.25, 0.3) is 0 Å². The second-order valence-electron chi connectivity index (χ2n) is 3.55. The number of hydrogen-bond acceptors (Lipinski definition) is 3. The maximum Gasteiger partial charge on any atom is 0.170 e. The summed E-state index contributed by atoms with van der Waals surface area (Å²) in [7, 11) is 0. The summed E-state index contributed by atoms with van der Waals surface area (Å²) in [6.07, 6.45) is 5.12. The number of pyridine rings is 1. The molecule has 0 aliphatic carbocycles. The highest BCUT2D eigenvalue weighted by molar-refractivity contribution is 5.77. The predicted molar refractivity (Wildman–Crippen MR) is 60.9 cm³/mol. The molecule has 0 aliphatic heterocycles. The summed E-state index contributed by atoms with van der Waals surface area (Å²) in [6.45, 7) is 3.97. The van der Waals surface area contributed by atoms with E-state index >= 15 is 0 Å². The van der Waals surface area contributed by atoms with E-state index in [1.54, 1.807) is 6.20 Å². The van der Waals surface area contributed by atoms with Crippen molar-refractivity contribution in [3.63, 3.8) is 0 Å². The van der Waals surface area contributed by atoms with Gasteiger partial charge in [0.1, 0.15) is 11.5 Å². The van der Waals surface area contributed by atoms with E-state index in [9.17, 15) is 4.79 Å². The van der Waals surface area contributed by atoms with Gasteiger partial charge in [0.2, 0.25) is 0 Å². The molecular weight excluding hydrogens is 202 g/mol. The van der Waals surface area contributed by atoms with Crippen LogP contribution in [0.4, 0.5) is 0 Å². The Hall–Kier alpha value is -1.97. The topological polar surface area (TPSA) is 47.8 Å². The van der Waals surface area contributed by atoms with Crippen LogP contribution in [0.2, 0.25) is 0 Å². The number of nitrogens with zero attached hydrogens (tertiary/aromatic N) is 3. The largest absolute Gasteiger partial charge is 0.301 e. The Morgan fingerprint density at radius 2 is 2.31 bits per heavy atom. The minimum atomic E-state index is 0.439.